The first kappa shape index (κ1) is 17.9. The number of aliphatic hydroxyl groups excluding tert-OH is 1. The number of nitrogens with one attached hydrogen (secondary N) is 1. The molecule has 0 amide bonds. The smallest absolute Gasteiger partial charge is 0.155 e. The van der Waals surface area contributed by atoms with Gasteiger partial charge in [-0.15, -0.1) is 10.2 Å². The number of phenols is 1. The van der Waals surface area contributed by atoms with E-state index in [1.54, 1.807) is 6.07 Å². The second-order valence-corrected chi connectivity index (χ2v) is 8.51. The van der Waals surface area contributed by atoms with Crippen LogP contribution in [0.2, 0.25) is 0 Å². The molecule has 2 atom stereocenters. The number of hydrogen-bond donors (Lipinski definition) is 3. The van der Waals surface area contributed by atoms with Gasteiger partial charge in [0.25, 0.3) is 0 Å². The molecule has 0 unspecified atom stereocenters. The molecule has 2 heterocycles. The summed E-state index contributed by atoms with van der Waals surface area (Å²) in [7, 11) is 0. The Labute approximate surface area is 165 Å². The van der Waals surface area contributed by atoms with E-state index in [0.29, 0.717) is 17.9 Å². The zero-order valence-electron chi connectivity index (χ0n) is 16.2. The summed E-state index contributed by atoms with van der Waals surface area (Å²) in [5.74, 6) is 0.961. The molecule has 5 rings (SSSR count). The topological polar surface area (TPSA) is 87.5 Å². The molecule has 0 bridgehead atoms. The molecule has 0 radical (unpaired) electrons. The lowest BCUT2D eigenvalue weighted by atomic mass is 9.74. The number of ether oxygens (including phenoxy) is 1. The SMILES string of the molecule is Cc1ccc(-c2nnc(N[C@@H]3CCCC[C@H]3O)c3c2COC32CCC2)c(O)c1. The molecule has 148 valence electrons. The minimum absolute atomic E-state index is 0.00324. The molecule has 3 N–H and O–H groups in total. The highest BCUT2D eigenvalue weighted by atomic mass is 16.5. The molecule has 2 saturated carbocycles. The first-order valence-corrected chi connectivity index (χ1v) is 10.4. The van der Waals surface area contributed by atoms with E-state index < -0.39 is 0 Å². The number of nitrogens with zero attached hydrogens (tertiary/aromatic N) is 2. The van der Waals surface area contributed by atoms with E-state index in [-0.39, 0.29) is 23.5 Å². The number of rotatable bonds is 3. The van der Waals surface area contributed by atoms with E-state index in [1.165, 1.54) is 0 Å². The Morgan fingerprint density at radius 3 is 2.68 bits per heavy atom. The number of phenolic OH excluding ortho intramolecular Hbond substituents is 1. The Hall–Kier alpha value is -2.18. The van der Waals surface area contributed by atoms with Crippen LogP contribution in [0.1, 0.15) is 61.6 Å². The maximum Gasteiger partial charge on any atom is 0.155 e. The van der Waals surface area contributed by atoms with E-state index in [0.717, 1.165) is 67.5 Å². The van der Waals surface area contributed by atoms with E-state index in [4.69, 9.17) is 4.74 Å². The summed E-state index contributed by atoms with van der Waals surface area (Å²) in [5.41, 5.74) is 4.21. The molecule has 28 heavy (non-hydrogen) atoms. The highest BCUT2D eigenvalue weighted by Gasteiger charge is 2.49. The van der Waals surface area contributed by atoms with E-state index in [9.17, 15) is 10.2 Å². The number of hydrogen-bond acceptors (Lipinski definition) is 6. The van der Waals surface area contributed by atoms with Crippen LogP contribution in [-0.4, -0.2) is 32.6 Å². The fourth-order valence-electron chi connectivity index (χ4n) is 4.89. The number of aromatic nitrogens is 2. The Kier molecular flexibility index (Phi) is 4.29. The van der Waals surface area contributed by atoms with E-state index in [2.05, 4.69) is 15.5 Å². The third-order valence-corrected chi connectivity index (χ3v) is 6.64. The Bertz CT molecular complexity index is 910. The summed E-state index contributed by atoms with van der Waals surface area (Å²) in [6, 6.07) is 5.63. The zero-order valence-corrected chi connectivity index (χ0v) is 16.2. The lowest BCUT2D eigenvalue weighted by Gasteiger charge is -2.39. The molecule has 0 saturated heterocycles. The largest absolute Gasteiger partial charge is 0.507 e. The molecule has 2 fully saturated rings. The second-order valence-electron chi connectivity index (χ2n) is 8.51. The molecule has 3 aliphatic rings. The predicted octanol–water partition coefficient (Wildman–Crippen LogP) is 3.78. The molecule has 2 aromatic rings. The lowest BCUT2D eigenvalue weighted by Crippen LogP contribution is -2.39. The fraction of sp³-hybridized carbons (Fsp3) is 0.545. The van der Waals surface area contributed by atoms with Gasteiger partial charge in [0.15, 0.2) is 5.82 Å². The van der Waals surface area contributed by atoms with Gasteiger partial charge in [-0.2, -0.15) is 0 Å². The summed E-state index contributed by atoms with van der Waals surface area (Å²) in [6.45, 7) is 2.43. The average Bonchev–Trinajstić information content (AvgIpc) is 3.06. The molecule has 1 aromatic heterocycles. The van der Waals surface area contributed by atoms with Crippen molar-refractivity contribution >= 4 is 5.82 Å². The first-order valence-electron chi connectivity index (χ1n) is 10.4. The standard InChI is InChI=1S/C22H27N3O3/c1-13-7-8-14(18(27)11-13)20-15-12-28-22(9-4-10-22)19(15)21(25-24-20)23-16-5-2-3-6-17(16)26/h7-8,11,16-17,26-27H,2-6,9-10,12H2,1H3,(H,23,25)/t16-,17-/m1/s1. The van der Waals surface area contributed by atoms with Crippen LogP contribution in [0.5, 0.6) is 5.75 Å². The van der Waals surface area contributed by atoms with Gasteiger partial charge in [0, 0.05) is 16.7 Å². The van der Waals surface area contributed by atoms with Gasteiger partial charge in [0.2, 0.25) is 0 Å². The lowest BCUT2D eigenvalue weighted by molar-refractivity contribution is -0.0940. The Morgan fingerprint density at radius 1 is 1.14 bits per heavy atom. The molecule has 1 aliphatic heterocycles. The van der Waals surface area contributed by atoms with E-state index in [1.807, 2.05) is 19.1 Å². The first-order chi connectivity index (χ1) is 13.6. The van der Waals surface area contributed by atoms with Gasteiger partial charge in [-0.1, -0.05) is 18.9 Å². The maximum absolute atomic E-state index is 10.5. The van der Waals surface area contributed by atoms with Gasteiger partial charge in [-0.3, -0.25) is 0 Å². The number of aliphatic hydroxyl groups is 1. The van der Waals surface area contributed by atoms with Crippen molar-refractivity contribution in [3.8, 4) is 17.0 Å². The molecule has 1 spiro atoms. The van der Waals surface area contributed by atoms with Gasteiger partial charge < -0.3 is 20.3 Å². The van der Waals surface area contributed by atoms with Crippen molar-refractivity contribution in [2.75, 3.05) is 5.32 Å². The highest BCUT2D eigenvalue weighted by molar-refractivity contribution is 5.74. The van der Waals surface area contributed by atoms with Gasteiger partial charge in [-0.05, 0) is 56.7 Å². The van der Waals surface area contributed by atoms with Gasteiger partial charge in [-0.25, -0.2) is 0 Å². The van der Waals surface area contributed by atoms with Crippen molar-refractivity contribution < 1.29 is 14.9 Å². The normalized spacial score (nSPS) is 25.4. The quantitative estimate of drug-likeness (QED) is 0.750. The van der Waals surface area contributed by atoms with Crippen LogP contribution in [0.25, 0.3) is 11.3 Å². The molecule has 6 nitrogen and oxygen atoms in total. The van der Waals surface area contributed by atoms with Crippen LogP contribution in [0.3, 0.4) is 0 Å². The molecule has 6 heteroatoms. The van der Waals surface area contributed by atoms with Crippen molar-refractivity contribution in [3.63, 3.8) is 0 Å². The number of aryl methyl sites for hydroxylation is 1. The zero-order chi connectivity index (χ0) is 19.3. The Balaban J connectivity index is 1.59. The van der Waals surface area contributed by atoms with Gasteiger partial charge in [0.1, 0.15) is 11.4 Å². The maximum atomic E-state index is 10.5. The van der Waals surface area contributed by atoms with Crippen molar-refractivity contribution in [3.05, 3.63) is 34.9 Å². The fourth-order valence-corrected chi connectivity index (χ4v) is 4.89. The number of aromatic hydroxyl groups is 1. The monoisotopic (exact) mass is 381 g/mol. The molecular weight excluding hydrogens is 354 g/mol. The van der Waals surface area contributed by atoms with Gasteiger partial charge in [0.05, 0.1) is 24.4 Å². The van der Waals surface area contributed by atoms with Crippen LogP contribution in [0, 0.1) is 6.92 Å². The predicted molar refractivity (Wildman–Crippen MR) is 106 cm³/mol. The van der Waals surface area contributed by atoms with Crippen LogP contribution < -0.4 is 5.32 Å². The van der Waals surface area contributed by atoms with Crippen molar-refractivity contribution in [1.82, 2.24) is 10.2 Å². The minimum Gasteiger partial charge on any atom is -0.507 e. The number of benzene rings is 1. The Morgan fingerprint density at radius 2 is 1.96 bits per heavy atom. The third-order valence-electron chi connectivity index (χ3n) is 6.64. The summed E-state index contributed by atoms with van der Waals surface area (Å²) in [6.07, 6.45) is 6.68. The number of anilines is 1. The summed E-state index contributed by atoms with van der Waals surface area (Å²) < 4.78 is 6.27. The number of fused-ring (bicyclic) bond motifs is 2. The molecule has 2 aliphatic carbocycles. The van der Waals surface area contributed by atoms with Crippen LogP contribution in [-0.2, 0) is 16.9 Å². The van der Waals surface area contributed by atoms with Gasteiger partial charge >= 0.3 is 0 Å². The molecule has 1 aromatic carbocycles. The third kappa shape index (κ3) is 2.78. The summed E-state index contributed by atoms with van der Waals surface area (Å²) >= 11 is 0. The van der Waals surface area contributed by atoms with Crippen LogP contribution >= 0.6 is 0 Å². The van der Waals surface area contributed by atoms with E-state index >= 15 is 0 Å². The highest BCUT2D eigenvalue weighted by Crippen LogP contribution is 2.54. The summed E-state index contributed by atoms with van der Waals surface area (Å²) in [4.78, 5) is 0. The van der Waals surface area contributed by atoms with Crippen LogP contribution in [0.4, 0.5) is 5.82 Å². The average molecular weight is 381 g/mol. The summed E-state index contributed by atoms with van der Waals surface area (Å²) in [5, 5.41) is 33.4. The molecular formula is C22H27N3O3. The minimum atomic E-state index is -0.355. The van der Waals surface area contributed by atoms with Crippen LogP contribution in [0.15, 0.2) is 18.2 Å². The van der Waals surface area contributed by atoms with Crippen molar-refractivity contribution in [2.24, 2.45) is 0 Å². The second kappa shape index (κ2) is 6.71. The van der Waals surface area contributed by atoms with Crippen molar-refractivity contribution in [2.45, 2.75) is 76.2 Å². The van der Waals surface area contributed by atoms with Crippen molar-refractivity contribution in [1.29, 1.82) is 0 Å².